The van der Waals surface area contributed by atoms with E-state index in [1.807, 2.05) is 6.92 Å². The maximum Gasteiger partial charge on any atom is 0.191 e. The third-order valence-electron chi connectivity index (χ3n) is 3.32. The molecule has 138 valence electrons. The van der Waals surface area contributed by atoms with Crippen molar-refractivity contribution in [3.63, 3.8) is 0 Å². The molecule has 0 amide bonds. The van der Waals surface area contributed by atoms with Crippen LogP contribution in [0.5, 0.6) is 0 Å². The van der Waals surface area contributed by atoms with Gasteiger partial charge in [0.1, 0.15) is 9.84 Å². The summed E-state index contributed by atoms with van der Waals surface area (Å²) >= 11 is 0. The maximum absolute atomic E-state index is 11.0. The van der Waals surface area contributed by atoms with Crippen LogP contribution in [0.15, 0.2) is 4.99 Å². The zero-order valence-electron chi connectivity index (χ0n) is 15.2. The molecule has 0 radical (unpaired) electrons. The molecule has 1 unspecified atom stereocenters. The van der Waals surface area contributed by atoms with E-state index in [2.05, 4.69) is 29.5 Å². The molecule has 0 saturated heterocycles. The Hall–Kier alpha value is -0.820. The van der Waals surface area contributed by atoms with E-state index in [1.165, 1.54) is 31.9 Å². The third-order valence-corrected chi connectivity index (χ3v) is 4.23. The summed E-state index contributed by atoms with van der Waals surface area (Å²) in [5.74, 6) is 0.853. The van der Waals surface area contributed by atoms with Gasteiger partial charge in [-0.15, -0.1) is 0 Å². The second kappa shape index (κ2) is 13.6. The number of hydrogen-bond donors (Lipinski definition) is 2. The van der Waals surface area contributed by atoms with E-state index in [-0.39, 0.29) is 12.4 Å². The van der Waals surface area contributed by atoms with Gasteiger partial charge in [0, 0.05) is 18.8 Å². The van der Waals surface area contributed by atoms with Gasteiger partial charge in [-0.2, -0.15) is 0 Å². The molecule has 1 atom stereocenters. The number of rotatable bonds is 13. The smallest absolute Gasteiger partial charge is 0.191 e. The van der Waals surface area contributed by atoms with Crippen LogP contribution in [0.2, 0.25) is 0 Å². The molecule has 0 aromatic rings. The van der Waals surface area contributed by atoms with Gasteiger partial charge in [0.2, 0.25) is 0 Å². The minimum Gasteiger partial charge on any atom is -0.378 e. The Labute approximate surface area is 142 Å². The molecule has 23 heavy (non-hydrogen) atoms. The van der Waals surface area contributed by atoms with Gasteiger partial charge in [-0.25, -0.2) is 8.42 Å². The van der Waals surface area contributed by atoms with Gasteiger partial charge in [-0.3, -0.25) is 4.99 Å². The Balaban J connectivity index is 3.98. The Morgan fingerprint density at radius 3 is 2.52 bits per heavy atom. The quantitative estimate of drug-likeness (QED) is 0.302. The molecular formula is C16H35N3O3S. The van der Waals surface area contributed by atoms with Crippen molar-refractivity contribution in [1.29, 1.82) is 0 Å². The van der Waals surface area contributed by atoms with Crippen LogP contribution in [-0.4, -0.2) is 58.7 Å². The van der Waals surface area contributed by atoms with Gasteiger partial charge in [0.05, 0.1) is 25.5 Å². The number of aliphatic imine (C=N–C) groups is 1. The first-order valence-corrected chi connectivity index (χ1v) is 10.7. The highest BCUT2D eigenvalue weighted by molar-refractivity contribution is 7.90. The van der Waals surface area contributed by atoms with Gasteiger partial charge in [0.15, 0.2) is 5.96 Å². The van der Waals surface area contributed by atoms with Crippen LogP contribution >= 0.6 is 0 Å². The largest absolute Gasteiger partial charge is 0.378 e. The SMILES string of the molecule is CCCCCCC(C)NC(=NCCOCCS(C)(=O)=O)NCC. The molecule has 0 aliphatic heterocycles. The minimum absolute atomic E-state index is 0.0594. The molecule has 0 aliphatic rings. The van der Waals surface area contributed by atoms with Crippen molar-refractivity contribution in [3.05, 3.63) is 0 Å². The first-order chi connectivity index (χ1) is 10.9. The first-order valence-electron chi connectivity index (χ1n) is 8.69. The van der Waals surface area contributed by atoms with E-state index < -0.39 is 9.84 Å². The van der Waals surface area contributed by atoms with Crippen LogP contribution < -0.4 is 10.6 Å². The van der Waals surface area contributed by atoms with Gasteiger partial charge >= 0.3 is 0 Å². The Morgan fingerprint density at radius 1 is 1.17 bits per heavy atom. The van der Waals surface area contributed by atoms with Crippen LogP contribution in [0.3, 0.4) is 0 Å². The van der Waals surface area contributed by atoms with Gasteiger partial charge in [-0.05, 0) is 20.3 Å². The Morgan fingerprint density at radius 2 is 1.91 bits per heavy atom. The molecule has 7 heteroatoms. The number of nitrogens with zero attached hydrogens (tertiary/aromatic N) is 1. The van der Waals surface area contributed by atoms with E-state index >= 15 is 0 Å². The molecule has 0 spiro atoms. The van der Waals surface area contributed by atoms with Gasteiger partial charge < -0.3 is 15.4 Å². The fraction of sp³-hybridized carbons (Fsp3) is 0.938. The topological polar surface area (TPSA) is 79.8 Å². The first kappa shape index (κ1) is 22.2. The molecule has 0 aromatic heterocycles. The predicted molar refractivity (Wildman–Crippen MR) is 97.9 cm³/mol. The van der Waals surface area contributed by atoms with Crippen LogP contribution in [0.1, 0.15) is 52.9 Å². The fourth-order valence-corrected chi connectivity index (χ4v) is 2.46. The molecule has 6 nitrogen and oxygen atoms in total. The summed E-state index contributed by atoms with van der Waals surface area (Å²) in [6.45, 7) is 8.40. The lowest BCUT2D eigenvalue weighted by atomic mass is 10.1. The third kappa shape index (κ3) is 15.8. The molecule has 2 N–H and O–H groups in total. The zero-order valence-corrected chi connectivity index (χ0v) is 16.0. The summed E-state index contributed by atoms with van der Waals surface area (Å²) in [5.41, 5.74) is 0. The van der Waals surface area contributed by atoms with Crippen molar-refractivity contribution in [1.82, 2.24) is 10.6 Å². The van der Waals surface area contributed by atoms with Crippen molar-refractivity contribution in [2.45, 2.75) is 58.9 Å². The van der Waals surface area contributed by atoms with Gasteiger partial charge in [0.25, 0.3) is 0 Å². The summed E-state index contributed by atoms with van der Waals surface area (Å²) in [7, 11) is -2.95. The molecule has 0 aromatic carbocycles. The van der Waals surface area contributed by atoms with Crippen molar-refractivity contribution in [3.8, 4) is 0 Å². The normalized spacial score (nSPS) is 13.8. The number of nitrogens with one attached hydrogen (secondary N) is 2. The highest BCUT2D eigenvalue weighted by atomic mass is 32.2. The Kier molecular flexibility index (Phi) is 13.1. The monoisotopic (exact) mass is 349 g/mol. The van der Waals surface area contributed by atoms with Crippen molar-refractivity contribution < 1.29 is 13.2 Å². The van der Waals surface area contributed by atoms with Crippen LogP contribution in [0.25, 0.3) is 0 Å². The average molecular weight is 350 g/mol. The standard InChI is InChI=1S/C16H35N3O3S/c1-5-7-8-9-10-15(3)19-16(17-6-2)18-11-12-22-13-14-23(4,20)21/h15H,5-14H2,1-4H3,(H2,17,18,19). The minimum atomic E-state index is -2.95. The van der Waals surface area contributed by atoms with Gasteiger partial charge in [-0.1, -0.05) is 32.6 Å². The predicted octanol–water partition coefficient (Wildman–Crippen LogP) is 1.96. The van der Waals surface area contributed by atoms with E-state index in [4.69, 9.17) is 4.74 Å². The van der Waals surface area contributed by atoms with Crippen LogP contribution in [-0.2, 0) is 14.6 Å². The second-order valence-electron chi connectivity index (χ2n) is 5.90. The lowest BCUT2D eigenvalue weighted by molar-refractivity contribution is 0.157. The highest BCUT2D eigenvalue weighted by Gasteiger charge is 2.05. The lowest BCUT2D eigenvalue weighted by Gasteiger charge is -2.17. The maximum atomic E-state index is 11.0. The van der Waals surface area contributed by atoms with E-state index in [9.17, 15) is 8.42 Å². The Bertz CT molecular complexity index is 411. The number of sulfone groups is 1. The number of guanidine groups is 1. The summed E-state index contributed by atoms with van der Waals surface area (Å²) in [4.78, 5) is 4.45. The molecule has 0 fully saturated rings. The second-order valence-corrected chi connectivity index (χ2v) is 8.16. The number of hydrogen-bond acceptors (Lipinski definition) is 4. The van der Waals surface area contributed by atoms with E-state index in [0.29, 0.717) is 19.2 Å². The number of unbranched alkanes of at least 4 members (excludes halogenated alkanes) is 3. The molecule has 0 rings (SSSR count). The number of ether oxygens (including phenoxy) is 1. The molecule has 0 heterocycles. The van der Waals surface area contributed by atoms with Crippen molar-refractivity contribution in [2.75, 3.05) is 38.3 Å². The van der Waals surface area contributed by atoms with E-state index in [0.717, 1.165) is 18.9 Å². The molecule has 0 aliphatic carbocycles. The summed E-state index contributed by atoms with van der Waals surface area (Å²) < 4.78 is 27.2. The average Bonchev–Trinajstić information content (AvgIpc) is 2.46. The summed E-state index contributed by atoms with van der Waals surface area (Å²) in [5, 5.41) is 6.62. The van der Waals surface area contributed by atoms with E-state index in [1.54, 1.807) is 0 Å². The lowest BCUT2D eigenvalue weighted by Crippen LogP contribution is -2.42. The van der Waals surface area contributed by atoms with Crippen LogP contribution in [0.4, 0.5) is 0 Å². The highest BCUT2D eigenvalue weighted by Crippen LogP contribution is 2.05. The summed E-state index contributed by atoms with van der Waals surface area (Å²) in [6, 6.07) is 0.385. The fourth-order valence-electron chi connectivity index (χ4n) is 2.04. The zero-order chi connectivity index (χ0) is 17.6. The molecule has 0 bridgehead atoms. The van der Waals surface area contributed by atoms with Crippen molar-refractivity contribution in [2.24, 2.45) is 4.99 Å². The molecule has 0 saturated carbocycles. The van der Waals surface area contributed by atoms with Crippen molar-refractivity contribution >= 4 is 15.8 Å². The summed E-state index contributed by atoms with van der Waals surface area (Å²) in [6.07, 6.45) is 7.41. The molecular weight excluding hydrogens is 314 g/mol. The van der Waals surface area contributed by atoms with Crippen LogP contribution in [0, 0.1) is 0 Å².